The number of pyridine rings is 1. The molecule has 2 rings (SSSR count). The van der Waals surface area contributed by atoms with E-state index >= 15 is 0 Å². The lowest BCUT2D eigenvalue weighted by molar-refractivity contribution is 0.222. The molecule has 0 aromatic carbocycles. The van der Waals surface area contributed by atoms with E-state index < -0.39 is 0 Å². The zero-order valence-electron chi connectivity index (χ0n) is 13.4. The number of hydrogen-bond acceptors (Lipinski definition) is 3. The van der Waals surface area contributed by atoms with Crippen molar-refractivity contribution in [2.24, 2.45) is 5.41 Å². The molecule has 0 unspecified atom stereocenters. The molecule has 1 aromatic rings. The van der Waals surface area contributed by atoms with E-state index in [0.29, 0.717) is 11.5 Å². The second-order valence-electron chi connectivity index (χ2n) is 6.83. The molecule has 0 radical (unpaired) electrons. The summed E-state index contributed by atoms with van der Waals surface area (Å²) in [5.41, 5.74) is 1.81. The van der Waals surface area contributed by atoms with Crippen molar-refractivity contribution in [2.45, 2.75) is 58.9 Å². The van der Waals surface area contributed by atoms with Crippen LogP contribution >= 0.6 is 0 Å². The van der Waals surface area contributed by atoms with E-state index in [0.717, 1.165) is 18.8 Å². The molecule has 0 spiro atoms. The van der Waals surface area contributed by atoms with E-state index in [1.54, 1.807) is 0 Å². The summed E-state index contributed by atoms with van der Waals surface area (Å²) in [6.45, 7) is 7.94. The fraction of sp³-hybridized carbons (Fsp3) is 0.706. The third-order valence-corrected chi connectivity index (χ3v) is 4.56. The Bertz CT molecular complexity index is 418. The summed E-state index contributed by atoms with van der Waals surface area (Å²) in [6.07, 6.45) is 8.28. The predicted molar refractivity (Wildman–Crippen MR) is 87.5 cm³/mol. The highest BCUT2D eigenvalue weighted by Gasteiger charge is 2.28. The van der Waals surface area contributed by atoms with Gasteiger partial charge in [0.2, 0.25) is 0 Å². The van der Waals surface area contributed by atoms with Gasteiger partial charge in [0.1, 0.15) is 5.82 Å². The summed E-state index contributed by atoms with van der Waals surface area (Å²) >= 11 is 0. The molecule has 0 atom stereocenters. The topological polar surface area (TPSA) is 28.2 Å². The van der Waals surface area contributed by atoms with Gasteiger partial charge in [-0.3, -0.25) is 0 Å². The lowest BCUT2D eigenvalue weighted by Crippen LogP contribution is -2.37. The zero-order valence-corrected chi connectivity index (χ0v) is 13.4. The highest BCUT2D eigenvalue weighted by Crippen LogP contribution is 2.37. The summed E-state index contributed by atoms with van der Waals surface area (Å²) in [4.78, 5) is 6.83. The molecule has 0 aliphatic heterocycles. The maximum atomic E-state index is 4.39. The monoisotopic (exact) mass is 275 g/mol. The van der Waals surface area contributed by atoms with Crippen LogP contribution in [-0.2, 0) is 0 Å². The molecular weight excluding hydrogens is 246 g/mol. The van der Waals surface area contributed by atoms with Crippen LogP contribution in [0.2, 0.25) is 0 Å². The Labute approximate surface area is 123 Å². The molecule has 1 N–H and O–H groups in total. The molecule has 1 saturated carbocycles. The summed E-state index contributed by atoms with van der Waals surface area (Å²) in [5.74, 6) is 0.993. The SMILES string of the molecule is CCCNc1cc(N(C)C2CCC(C)(C)CC2)ccn1. The number of rotatable bonds is 5. The third kappa shape index (κ3) is 3.87. The van der Waals surface area contributed by atoms with Crippen LogP contribution in [0.15, 0.2) is 18.3 Å². The van der Waals surface area contributed by atoms with Crippen molar-refractivity contribution in [3.8, 4) is 0 Å². The fourth-order valence-electron chi connectivity index (χ4n) is 2.97. The van der Waals surface area contributed by atoms with Gasteiger partial charge in [0.05, 0.1) is 0 Å². The molecule has 0 saturated heterocycles. The highest BCUT2D eigenvalue weighted by atomic mass is 15.1. The summed E-state index contributed by atoms with van der Waals surface area (Å²) in [5, 5.41) is 3.37. The number of hydrogen-bond donors (Lipinski definition) is 1. The van der Waals surface area contributed by atoms with Crippen molar-refractivity contribution < 1.29 is 0 Å². The number of aromatic nitrogens is 1. The molecule has 20 heavy (non-hydrogen) atoms. The normalized spacial score (nSPS) is 18.8. The molecule has 1 aliphatic rings. The molecule has 3 heteroatoms. The van der Waals surface area contributed by atoms with Crippen molar-refractivity contribution in [2.75, 3.05) is 23.8 Å². The Balaban J connectivity index is 2.00. The van der Waals surface area contributed by atoms with Crippen LogP contribution in [0, 0.1) is 5.41 Å². The summed E-state index contributed by atoms with van der Waals surface area (Å²) in [6, 6.07) is 4.97. The predicted octanol–water partition coefficient (Wildman–Crippen LogP) is 4.31. The van der Waals surface area contributed by atoms with E-state index in [2.05, 4.69) is 55.2 Å². The Morgan fingerprint density at radius 3 is 2.70 bits per heavy atom. The standard InChI is InChI=1S/C17H29N3/c1-5-11-18-16-13-15(8-12-19-16)20(4)14-6-9-17(2,3)10-7-14/h8,12-14H,5-7,9-11H2,1-4H3,(H,18,19). The van der Waals surface area contributed by atoms with Crippen LogP contribution in [0.5, 0.6) is 0 Å². The van der Waals surface area contributed by atoms with Crippen LogP contribution in [0.4, 0.5) is 11.5 Å². The highest BCUT2D eigenvalue weighted by molar-refractivity contribution is 5.54. The van der Waals surface area contributed by atoms with Gasteiger partial charge in [-0.05, 0) is 43.6 Å². The molecule has 1 aliphatic carbocycles. The van der Waals surface area contributed by atoms with Crippen molar-refractivity contribution in [1.29, 1.82) is 0 Å². The molecule has 1 fully saturated rings. The maximum absolute atomic E-state index is 4.39. The average Bonchev–Trinajstić information content (AvgIpc) is 2.45. The molecule has 112 valence electrons. The quantitative estimate of drug-likeness (QED) is 0.868. The van der Waals surface area contributed by atoms with Crippen LogP contribution < -0.4 is 10.2 Å². The largest absolute Gasteiger partial charge is 0.371 e. The van der Waals surface area contributed by atoms with Gasteiger partial charge in [-0.2, -0.15) is 0 Å². The molecular formula is C17H29N3. The van der Waals surface area contributed by atoms with Crippen LogP contribution in [-0.4, -0.2) is 24.6 Å². The molecule has 0 bridgehead atoms. The first-order chi connectivity index (χ1) is 9.52. The Morgan fingerprint density at radius 2 is 2.05 bits per heavy atom. The van der Waals surface area contributed by atoms with Crippen molar-refractivity contribution in [1.82, 2.24) is 4.98 Å². The van der Waals surface area contributed by atoms with Crippen LogP contribution in [0.25, 0.3) is 0 Å². The Kier molecular flexibility index (Phi) is 4.90. The van der Waals surface area contributed by atoms with Gasteiger partial charge in [-0.15, -0.1) is 0 Å². The minimum Gasteiger partial charge on any atom is -0.371 e. The van der Waals surface area contributed by atoms with Crippen molar-refractivity contribution in [3.05, 3.63) is 18.3 Å². The van der Waals surface area contributed by atoms with Gasteiger partial charge in [0.15, 0.2) is 0 Å². The van der Waals surface area contributed by atoms with Gasteiger partial charge in [0, 0.05) is 37.6 Å². The van der Waals surface area contributed by atoms with E-state index in [-0.39, 0.29) is 0 Å². The van der Waals surface area contributed by atoms with Crippen LogP contribution in [0.3, 0.4) is 0 Å². The Hall–Kier alpha value is -1.25. The average molecular weight is 275 g/mol. The van der Waals surface area contributed by atoms with Gasteiger partial charge >= 0.3 is 0 Å². The van der Waals surface area contributed by atoms with Crippen molar-refractivity contribution >= 4 is 11.5 Å². The lowest BCUT2D eigenvalue weighted by atomic mass is 9.75. The summed E-state index contributed by atoms with van der Waals surface area (Å²) < 4.78 is 0. The van der Waals surface area contributed by atoms with Gasteiger partial charge in [-0.25, -0.2) is 4.98 Å². The number of nitrogens with one attached hydrogen (secondary N) is 1. The minimum atomic E-state index is 0.531. The molecule has 0 amide bonds. The lowest BCUT2D eigenvalue weighted by Gasteiger charge is -2.39. The number of nitrogens with zero attached hydrogens (tertiary/aromatic N) is 2. The first-order valence-electron chi connectivity index (χ1n) is 7.94. The van der Waals surface area contributed by atoms with E-state index in [4.69, 9.17) is 0 Å². The molecule has 3 nitrogen and oxygen atoms in total. The third-order valence-electron chi connectivity index (χ3n) is 4.56. The summed E-state index contributed by atoms with van der Waals surface area (Å²) in [7, 11) is 2.22. The van der Waals surface area contributed by atoms with Gasteiger partial charge in [-0.1, -0.05) is 20.8 Å². The van der Waals surface area contributed by atoms with Crippen molar-refractivity contribution in [3.63, 3.8) is 0 Å². The second kappa shape index (κ2) is 6.47. The fourth-order valence-corrected chi connectivity index (χ4v) is 2.97. The van der Waals surface area contributed by atoms with E-state index in [1.807, 2.05) is 6.20 Å². The van der Waals surface area contributed by atoms with E-state index in [9.17, 15) is 0 Å². The van der Waals surface area contributed by atoms with Gasteiger partial charge in [0.25, 0.3) is 0 Å². The van der Waals surface area contributed by atoms with E-state index in [1.165, 1.54) is 31.4 Å². The first kappa shape index (κ1) is 15.1. The molecule has 1 heterocycles. The number of anilines is 2. The first-order valence-corrected chi connectivity index (χ1v) is 7.94. The maximum Gasteiger partial charge on any atom is 0.127 e. The van der Waals surface area contributed by atoms with Gasteiger partial charge < -0.3 is 10.2 Å². The second-order valence-corrected chi connectivity index (χ2v) is 6.83. The zero-order chi connectivity index (χ0) is 14.6. The Morgan fingerprint density at radius 1 is 1.35 bits per heavy atom. The molecule has 1 aromatic heterocycles. The minimum absolute atomic E-state index is 0.531. The smallest absolute Gasteiger partial charge is 0.127 e. The van der Waals surface area contributed by atoms with Crippen LogP contribution in [0.1, 0.15) is 52.9 Å².